The summed E-state index contributed by atoms with van der Waals surface area (Å²) in [6.07, 6.45) is 0.662. The van der Waals surface area contributed by atoms with E-state index in [0.29, 0.717) is 23.0 Å². The third kappa shape index (κ3) is 4.36. The molecule has 94 valence electrons. The van der Waals surface area contributed by atoms with Gasteiger partial charge in [-0.25, -0.2) is 0 Å². The first kappa shape index (κ1) is 14.0. The van der Waals surface area contributed by atoms with Crippen molar-refractivity contribution in [3.63, 3.8) is 0 Å². The maximum absolute atomic E-state index is 11.8. The van der Waals surface area contributed by atoms with E-state index in [-0.39, 0.29) is 5.91 Å². The Labute approximate surface area is 107 Å². The molecule has 3 nitrogen and oxygen atoms in total. The average molecular weight is 255 g/mol. The van der Waals surface area contributed by atoms with Crippen LogP contribution in [-0.2, 0) is 4.79 Å². The topological polar surface area (TPSA) is 55.1 Å². The van der Waals surface area contributed by atoms with Gasteiger partial charge in [-0.15, -0.1) is 0 Å². The lowest BCUT2D eigenvalue weighted by Crippen LogP contribution is -2.36. The molecule has 17 heavy (non-hydrogen) atoms. The summed E-state index contributed by atoms with van der Waals surface area (Å²) < 4.78 is 0. The number of aryl methyl sites for hydroxylation is 1. The maximum Gasteiger partial charge on any atom is 0.241 e. The second kappa shape index (κ2) is 6.03. The van der Waals surface area contributed by atoms with Crippen molar-refractivity contribution in [2.24, 2.45) is 11.7 Å². The van der Waals surface area contributed by atoms with Crippen LogP contribution >= 0.6 is 11.6 Å². The van der Waals surface area contributed by atoms with Gasteiger partial charge < -0.3 is 11.1 Å². The lowest BCUT2D eigenvalue weighted by atomic mass is 10.0. The van der Waals surface area contributed by atoms with E-state index in [4.69, 9.17) is 17.3 Å². The van der Waals surface area contributed by atoms with Gasteiger partial charge in [0.05, 0.1) is 16.8 Å². The van der Waals surface area contributed by atoms with Crippen molar-refractivity contribution < 1.29 is 4.79 Å². The van der Waals surface area contributed by atoms with Crippen LogP contribution in [0.4, 0.5) is 5.69 Å². The second-order valence-electron chi connectivity index (χ2n) is 4.71. The van der Waals surface area contributed by atoms with E-state index >= 15 is 0 Å². The van der Waals surface area contributed by atoms with Gasteiger partial charge in [0.1, 0.15) is 0 Å². The number of nitrogens with two attached hydrogens (primary N) is 1. The fourth-order valence-corrected chi connectivity index (χ4v) is 1.84. The number of carbonyl (C=O) groups is 1. The Morgan fingerprint density at radius 3 is 2.65 bits per heavy atom. The van der Waals surface area contributed by atoms with Gasteiger partial charge in [-0.2, -0.15) is 0 Å². The Kier molecular flexibility index (Phi) is 4.97. The molecule has 1 aromatic carbocycles. The molecule has 0 aliphatic rings. The highest BCUT2D eigenvalue weighted by molar-refractivity contribution is 6.33. The van der Waals surface area contributed by atoms with Crippen LogP contribution in [0, 0.1) is 12.8 Å². The lowest BCUT2D eigenvalue weighted by molar-refractivity contribution is -0.117. The summed E-state index contributed by atoms with van der Waals surface area (Å²) in [4.78, 5) is 11.8. The van der Waals surface area contributed by atoms with Gasteiger partial charge in [0, 0.05) is 0 Å². The van der Waals surface area contributed by atoms with Crippen LogP contribution in [0.1, 0.15) is 25.8 Å². The molecule has 4 heteroatoms. The summed E-state index contributed by atoms with van der Waals surface area (Å²) in [5.74, 6) is 0.202. The summed E-state index contributed by atoms with van der Waals surface area (Å²) in [5.41, 5.74) is 7.46. The van der Waals surface area contributed by atoms with Gasteiger partial charge in [0.15, 0.2) is 0 Å². The molecule has 1 aromatic rings. The molecule has 0 aromatic heterocycles. The summed E-state index contributed by atoms with van der Waals surface area (Å²) in [6.45, 7) is 6.01. The highest BCUT2D eigenvalue weighted by atomic mass is 35.5. The molecule has 1 atom stereocenters. The number of benzene rings is 1. The zero-order chi connectivity index (χ0) is 13.0. The highest BCUT2D eigenvalue weighted by Gasteiger charge is 2.15. The largest absolute Gasteiger partial charge is 0.323 e. The van der Waals surface area contributed by atoms with Gasteiger partial charge in [-0.3, -0.25) is 4.79 Å². The monoisotopic (exact) mass is 254 g/mol. The molecule has 0 saturated carbocycles. The molecule has 1 amide bonds. The van der Waals surface area contributed by atoms with Crippen LogP contribution in [-0.4, -0.2) is 11.9 Å². The number of rotatable bonds is 4. The number of amides is 1. The number of hydrogen-bond donors (Lipinski definition) is 2. The number of nitrogens with one attached hydrogen (secondary N) is 1. The summed E-state index contributed by atoms with van der Waals surface area (Å²) in [5, 5.41) is 3.28. The average Bonchev–Trinajstić information content (AvgIpc) is 2.21. The quantitative estimate of drug-likeness (QED) is 0.868. The Hall–Kier alpha value is -1.06. The zero-order valence-electron chi connectivity index (χ0n) is 10.5. The fourth-order valence-electron chi connectivity index (χ4n) is 1.56. The summed E-state index contributed by atoms with van der Waals surface area (Å²) >= 11 is 6.03. The van der Waals surface area contributed by atoms with Gasteiger partial charge in [0.25, 0.3) is 0 Å². The van der Waals surface area contributed by atoms with Crippen molar-refractivity contribution in [2.45, 2.75) is 33.2 Å². The van der Waals surface area contributed by atoms with E-state index in [9.17, 15) is 4.79 Å². The number of anilines is 1. The molecular weight excluding hydrogens is 236 g/mol. The number of halogens is 1. The van der Waals surface area contributed by atoms with E-state index in [1.54, 1.807) is 6.07 Å². The molecule has 0 bridgehead atoms. The van der Waals surface area contributed by atoms with Gasteiger partial charge in [-0.05, 0) is 37.0 Å². The third-order valence-corrected chi connectivity index (χ3v) is 2.76. The van der Waals surface area contributed by atoms with Crippen LogP contribution in [0.5, 0.6) is 0 Å². The fraction of sp³-hybridized carbons (Fsp3) is 0.462. The van der Waals surface area contributed by atoms with Crippen molar-refractivity contribution in [2.75, 3.05) is 5.32 Å². The highest BCUT2D eigenvalue weighted by Crippen LogP contribution is 2.22. The molecule has 3 N–H and O–H groups in total. The number of carbonyl (C=O) groups excluding carboxylic acids is 1. The predicted molar refractivity (Wildman–Crippen MR) is 72.2 cm³/mol. The Morgan fingerprint density at radius 2 is 2.12 bits per heavy atom. The van der Waals surface area contributed by atoms with Crippen LogP contribution in [0.3, 0.4) is 0 Å². The smallest absolute Gasteiger partial charge is 0.241 e. The minimum Gasteiger partial charge on any atom is -0.323 e. The van der Waals surface area contributed by atoms with Gasteiger partial charge >= 0.3 is 0 Å². The van der Waals surface area contributed by atoms with Crippen LogP contribution in [0.15, 0.2) is 18.2 Å². The molecule has 0 radical (unpaired) electrons. The SMILES string of the molecule is Cc1ccc(NC(=O)[C@@H](N)CC(C)C)c(Cl)c1. The molecule has 0 saturated heterocycles. The first-order valence-electron chi connectivity index (χ1n) is 5.72. The van der Waals surface area contributed by atoms with Crippen molar-refractivity contribution >= 4 is 23.2 Å². The maximum atomic E-state index is 11.8. The zero-order valence-corrected chi connectivity index (χ0v) is 11.2. The molecule has 0 heterocycles. The van der Waals surface area contributed by atoms with Crippen LogP contribution in [0.25, 0.3) is 0 Å². The van der Waals surface area contributed by atoms with Crippen LogP contribution in [0.2, 0.25) is 5.02 Å². The van der Waals surface area contributed by atoms with Crippen LogP contribution < -0.4 is 11.1 Å². The Morgan fingerprint density at radius 1 is 1.47 bits per heavy atom. The summed E-state index contributed by atoms with van der Waals surface area (Å²) in [7, 11) is 0. The predicted octanol–water partition coefficient (Wildman–Crippen LogP) is 2.96. The van der Waals surface area contributed by atoms with E-state index in [0.717, 1.165) is 5.56 Å². The van der Waals surface area contributed by atoms with Crippen molar-refractivity contribution in [1.82, 2.24) is 0 Å². The summed E-state index contributed by atoms with van der Waals surface area (Å²) in [6, 6.07) is 5.01. The molecule has 1 rings (SSSR count). The van der Waals surface area contributed by atoms with E-state index in [1.165, 1.54) is 0 Å². The second-order valence-corrected chi connectivity index (χ2v) is 5.12. The van der Waals surface area contributed by atoms with Gasteiger partial charge in [0.2, 0.25) is 5.91 Å². The molecule has 0 spiro atoms. The third-order valence-electron chi connectivity index (χ3n) is 2.44. The normalized spacial score (nSPS) is 12.6. The van der Waals surface area contributed by atoms with E-state index in [2.05, 4.69) is 5.32 Å². The molecule has 0 aliphatic heterocycles. The first-order chi connectivity index (χ1) is 7.90. The minimum absolute atomic E-state index is 0.190. The Bertz CT molecular complexity index is 404. The lowest BCUT2D eigenvalue weighted by Gasteiger charge is -2.15. The van der Waals surface area contributed by atoms with Gasteiger partial charge in [-0.1, -0.05) is 31.5 Å². The standard InChI is InChI=1S/C13H19ClN2O/c1-8(2)6-11(15)13(17)16-12-5-4-9(3)7-10(12)14/h4-5,7-8,11H,6,15H2,1-3H3,(H,16,17)/t11-/m0/s1. The van der Waals surface area contributed by atoms with Crippen molar-refractivity contribution in [3.05, 3.63) is 28.8 Å². The van der Waals surface area contributed by atoms with Crippen molar-refractivity contribution in [3.8, 4) is 0 Å². The Balaban J connectivity index is 2.67. The minimum atomic E-state index is -0.493. The van der Waals surface area contributed by atoms with E-state index < -0.39 is 6.04 Å². The van der Waals surface area contributed by atoms with Crippen molar-refractivity contribution in [1.29, 1.82) is 0 Å². The van der Waals surface area contributed by atoms with E-state index in [1.807, 2.05) is 32.9 Å². The molecule has 0 fully saturated rings. The molecule has 0 unspecified atom stereocenters. The number of hydrogen-bond acceptors (Lipinski definition) is 2. The molecule has 0 aliphatic carbocycles. The molecular formula is C13H19ClN2O. The first-order valence-corrected chi connectivity index (χ1v) is 6.10.